The maximum Gasteiger partial charge on any atom is 0.407 e. The summed E-state index contributed by atoms with van der Waals surface area (Å²) in [6.45, 7) is 8.18. The van der Waals surface area contributed by atoms with Gasteiger partial charge in [-0.2, -0.15) is 0 Å². The molecule has 0 saturated carbocycles. The zero-order chi connectivity index (χ0) is 20.4. The van der Waals surface area contributed by atoms with Gasteiger partial charge in [0, 0.05) is 32.2 Å². The van der Waals surface area contributed by atoms with Gasteiger partial charge in [-0.15, -0.1) is 0 Å². The lowest BCUT2D eigenvalue weighted by molar-refractivity contribution is -0.132. The molecule has 1 aromatic carbocycles. The van der Waals surface area contributed by atoms with Crippen LogP contribution in [-0.4, -0.2) is 54.8 Å². The Morgan fingerprint density at radius 2 is 1.79 bits per heavy atom. The third-order valence-corrected chi connectivity index (χ3v) is 4.63. The zero-order valence-corrected chi connectivity index (χ0v) is 17.4. The summed E-state index contributed by atoms with van der Waals surface area (Å²) in [5.74, 6) is 0.169. The van der Waals surface area contributed by atoms with Gasteiger partial charge in [0.05, 0.1) is 6.61 Å². The maximum atomic E-state index is 12.3. The molecule has 1 fully saturated rings. The number of piperidine rings is 1. The Morgan fingerprint density at radius 1 is 1.11 bits per heavy atom. The van der Waals surface area contributed by atoms with Crippen molar-refractivity contribution in [3.05, 3.63) is 35.9 Å². The number of benzene rings is 1. The fourth-order valence-electron chi connectivity index (χ4n) is 3.17. The summed E-state index contributed by atoms with van der Waals surface area (Å²) < 4.78 is 10.9. The van der Waals surface area contributed by atoms with Gasteiger partial charge < -0.3 is 19.7 Å². The Balaban J connectivity index is 1.53. The predicted molar refractivity (Wildman–Crippen MR) is 109 cm³/mol. The lowest BCUT2D eigenvalue weighted by atomic mass is 10.0. The van der Waals surface area contributed by atoms with Crippen LogP contribution >= 0.6 is 0 Å². The van der Waals surface area contributed by atoms with Crippen molar-refractivity contribution in [2.24, 2.45) is 0 Å². The van der Waals surface area contributed by atoms with E-state index in [9.17, 15) is 9.59 Å². The molecule has 1 saturated heterocycles. The van der Waals surface area contributed by atoms with Crippen LogP contribution in [0.4, 0.5) is 4.79 Å². The molecule has 0 aliphatic carbocycles. The van der Waals surface area contributed by atoms with Gasteiger partial charge in [-0.1, -0.05) is 30.3 Å². The van der Waals surface area contributed by atoms with Gasteiger partial charge in [-0.3, -0.25) is 4.79 Å². The highest BCUT2D eigenvalue weighted by atomic mass is 16.6. The summed E-state index contributed by atoms with van der Waals surface area (Å²) in [6, 6.07) is 10.3. The topological polar surface area (TPSA) is 67.9 Å². The standard InChI is InChI=1S/C22H34N2O4/c1-22(2,3)28-21(26)23-19-11-14-24(15-12-19)20(25)10-7-16-27-17-13-18-8-5-4-6-9-18/h4-6,8-9,19H,7,10-17H2,1-3H3,(H,23,26). The Hall–Kier alpha value is -2.08. The maximum absolute atomic E-state index is 12.3. The van der Waals surface area contributed by atoms with E-state index in [1.807, 2.05) is 43.9 Å². The molecule has 156 valence electrons. The molecule has 1 heterocycles. The van der Waals surface area contributed by atoms with Crippen LogP contribution in [0.25, 0.3) is 0 Å². The molecule has 1 N–H and O–H groups in total. The molecule has 0 spiro atoms. The van der Waals surface area contributed by atoms with Gasteiger partial charge in [0.25, 0.3) is 0 Å². The molecule has 6 nitrogen and oxygen atoms in total. The summed E-state index contributed by atoms with van der Waals surface area (Å²) in [5, 5.41) is 2.90. The molecule has 6 heteroatoms. The predicted octanol–water partition coefficient (Wildman–Crippen LogP) is 3.54. The minimum absolute atomic E-state index is 0.0696. The Kier molecular flexibility index (Phi) is 8.77. The molecule has 1 aromatic rings. The van der Waals surface area contributed by atoms with E-state index in [-0.39, 0.29) is 18.0 Å². The van der Waals surface area contributed by atoms with Crippen molar-refractivity contribution in [3.8, 4) is 0 Å². The normalized spacial score (nSPS) is 15.3. The number of carbonyl (C=O) groups is 2. The second-order valence-corrected chi connectivity index (χ2v) is 8.25. The molecule has 1 aliphatic heterocycles. The van der Waals surface area contributed by atoms with Crippen molar-refractivity contribution in [2.45, 2.75) is 64.5 Å². The molecule has 0 aromatic heterocycles. The number of hydrogen-bond acceptors (Lipinski definition) is 4. The summed E-state index contributed by atoms with van der Waals surface area (Å²) in [7, 11) is 0. The number of ether oxygens (including phenoxy) is 2. The monoisotopic (exact) mass is 390 g/mol. The molecular formula is C22H34N2O4. The lowest BCUT2D eigenvalue weighted by Crippen LogP contribution is -2.47. The van der Waals surface area contributed by atoms with Gasteiger partial charge in [-0.05, 0) is 52.0 Å². The molecule has 1 aliphatic rings. The highest BCUT2D eigenvalue weighted by Crippen LogP contribution is 2.14. The Bertz CT molecular complexity index is 605. The molecule has 0 atom stereocenters. The van der Waals surface area contributed by atoms with Gasteiger partial charge in [-0.25, -0.2) is 4.79 Å². The van der Waals surface area contributed by atoms with Crippen LogP contribution in [0.3, 0.4) is 0 Å². The SMILES string of the molecule is CC(C)(C)OC(=O)NC1CCN(C(=O)CCCOCCc2ccccc2)CC1. The Morgan fingerprint density at radius 3 is 2.43 bits per heavy atom. The number of alkyl carbamates (subject to hydrolysis) is 1. The third kappa shape index (κ3) is 8.74. The van der Waals surface area contributed by atoms with E-state index >= 15 is 0 Å². The van der Waals surface area contributed by atoms with Crippen LogP contribution in [0, 0.1) is 0 Å². The minimum Gasteiger partial charge on any atom is -0.444 e. The Labute approximate surface area is 168 Å². The number of nitrogens with one attached hydrogen (secondary N) is 1. The van der Waals surface area contributed by atoms with Crippen LogP contribution in [0.1, 0.15) is 52.0 Å². The summed E-state index contributed by atoms with van der Waals surface area (Å²) >= 11 is 0. The highest BCUT2D eigenvalue weighted by Gasteiger charge is 2.25. The van der Waals surface area contributed by atoms with E-state index in [1.54, 1.807) is 0 Å². The quantitative estimate of drug-likeness (QED) is 0.690. The number of hydrogen-bond donors (Lipinski definition) is 1. The largest absolute Gasteiger partial charge is 0.444 e. The fraction of sp³-hybridized carbons (Fsp3) is 0.636. The number of likely N-dealkylation sites (tertiary alicyclic amines) is 1. The fourth-order valence-corrected chi connectivity index (χ4v) is 3.17. The van der Waals surface area contributed by atoms with Gasteiger partial charge in [0.1, 0.15) is 5.60 Å². The first-order chi connectivity index (χ1) is 13.3. The van der Waals surface area contributed by atoms with Crippen molar-refractivity contribution < 1.29 is 19.1 Å². The van der Waals surface area contributed by atoms with Gasteiger partial charge in [0.15, 0.2) is 0 Å². The second-order valence-electron chi connectivity index (χ2n) is 8.25. The van der Waals surface area contributed by atoms with Crippen molar-refractivity contribution in [1.29, 1.82) is 0 Å². The van der Waals surface area contributed by atoms with Crippen LogP contribution in [0.2, 0.25) is 0 Å². The van der Waals surface area contributed by atoms with Gasteiger partial charge >= 0.3 is 6.09 Å². The lowest BCUT2D eigenvalue weighted by Gasteiger charge is -2.33. The van der Waals surface area contributed by atoms with E-state index in [0.717, 1.165) is 25.7 Å². The van der Waals surface area contributed by atoms with E-state index in [0.29, 0.717) is 32.7 Å². The number of rotatable bonds is 8. The average molecular weight is 391 g/mol. The molecule has 0 unspecified atom stereocenters. The third-order valence-electron chi connectivity index (χ3n) is 4.63. The van der Waals surface area contributed by atoms with E-state index < -0.39 is 5.60 Å². The van der Waals surface area contributed by atoms with Crippen LogP contribution in [0.5, 0.6) is 0 Å². The first-order valence-corrected chi connectivity index (χ1v) is 10.2. The smallest absolute Gasteiger partial charge is 0.407 e. The molecule has 2 amide bonds. The van der Waals surface area contributed by atoms with Crippen molar-refractivity contribution in [1.82, 2.24) is 10.2 Å². The number of carbonyl (C=O) groups excluding carboxylic acids is 2. The van der Waals surface area contributed by atoms with E-state index in [4.69, 9.17) is 9.47 Å². The first-order valence-electron chi connectivity index (χ1n) is 10.2. The summed E-state index contributed by atoms with van der Waals surface area (Å²) in [6.07, 6.45) is 3.29. The second kappa shape index (κ2) is 11.1. The minimum atomic E-state index is -0.496. The van der Waals surface area contributed by atoms with E-state index in [1.165, 1.54) is 5.56 Å². The van der Waals surface area contributed by atoms with Crippen LogP contribution in [-0.2, 0) is 20.7 Å². The molecule has 2 rings (SSSR count). The van der Waals surface area contributed by atoms with Crippen molar-refractivity contribution in [3.63, 3.8) is 0 Å². The first kappa shape index (κ1) is 22.2. The summed E-state index contributed by atoms with van der Waals surface area (Å²) in [4.78, 5) is 26.0. The number of nitrogens with zero attached hydrogens (tertiary/aromatic N) is 1. The van der Waals surface area contributed by atoms with Crippen molar-refractivity contribution >= 4 is 12.0 Å². The summed E-state index contributed by atoms with van der Waals surface area (Å²) in [5.41, 5.74) is 0.769. The van der Waals surface area contributed by atoms with Crippen LogP contribution < -0.4 is 5.32 Å². The molecular weight excluding hydrogens is 356 g/mol. The number of amides is 2. The molecule has 28 heavy (non-hydrogen) atoms. The zero-order valence-electron chi connectivity index (χ0n) is 17.4. The average Bonchev–Trinajstić information content (AvgIpc) is 2.64. The molecule has 0 radical (unpaired) electrons. The molecule has 0 bridgehead atoms. The van der Waals surface area contributed by atoms with Gasteiger partial charge in [0.2, 0.25) is 5.91 Å². The highest BCUT2D eigenvalue weighted by molar-refractivity contribution is 5.76. The van der Waals surface area contributed by atoms with Crippen LogP contribution in [0.15, 0.2) is 30.3 Å². The van der Waals surface area contributed by atoms with E-state index in [2.05, 4.69) is 17.4 Å². The van der Waals surface area contributed by atoms with Crippen molar-refractivity contribution in [2.75, 3.05) is 26.3 Å².